The summed E-state index contributed by atoms with van der Waals surface area (Å²) >= 11 is 0. The Morgan fingerprint density at radius 1 is 0.968 bits per heavy atom. The molecule has 1 saturated heterocycles. The average Bonchev–Trinajstić information content (AvgIpc) is 2.81. The quantitative estimate of drug-likeness (QED) is 0.449. The molecule has 1 aliphatic rings. The zero-order valence-electron chi connectivity index (χ0n) is 17.0. The highest BCUT2D eigenvalue weighted by atomic mass is 19.1. The number of rotatable bonds is 5. The van der Waals surface area contributed by atoms with E-state index < -0.39 is 17.5 Å². The number of benzene rings is 2. The second-order valence-electron chi connectivity index (χ2n) is 7.11. The normalized spacial score (nSPS) is 14.3. The largest absolute Gasteiger partial charge is 0.404 e. The minimum atomic E-state index is -0.963. The van der Waals surface area contributed by atoms with Crippen molar-refractivity contribution in [2.75, 3.05) is 26.2 Å². The van der Waals surface area contributed by atoms with Gasteiger partial charge >= 0.3 is 0 Å². The van der Waals surface area contributed by atoms with E-state index in [4.69, 9.17) is 5.73 Å². The van der Waals surface area contributed by atoms with Crippen LogP contribution in [0.4, 0.5) is 4.39 Å². The van der Waals surface area contributed by atoms with E-state index in [0.29, 0.717) is 11.8 Å². The predicted molar refractivity (Wildman–Crippen MR) is 113 cm³/mol. The average molecular weight is 423 g/mol. The van der Waals surface area contributed by atoms with Crippen molar-refractivity contribution in [3.05, 3.63) is 76.7 Å². The molecule has 0 bridgehead atoms. The van der Waals surface area contributed by atoms with E-state index in [1.807, 2.05) is 6.07 Å². The molecule has 0 aliphatic carbocycles. The lowest BCUT2D eigenvalue weighted by atomic mass is 9.93. The minimum absolute atomic E-state index is 0.148. The second kappa shape index (κ2) is 9.34. The van der Waals surface area contributed by atoms with E-state index in [1.165, 1.54) is 17.9 Å². The molecule has 0 spiro atoms. The third-order valence-corrected chi connectivity index (χ3v) is 5.33. The van der Waals surface area contributed by atoms with Crippen LogP contribution in [0.5, 0.6) is 0 Å². The Labute approximate surface area is 178 Å². The van der Waals surface area contributed by atoms with Crippen molar-refractivity contribution in [1.29, 1.82) is 0 Å². The first-order valence-electron chi connectivity index (χ1n) is 9.73. The lowest BCUT2D eigenvalue weighted by molar-refractivity contribution is -0.142. The molecule has 7 nitrogen and oxygen atoms in total. The topological polar surface area (TPSA) is 101 Å². The molecular weight excluding hydrogens is 401 g/mol. The SMILES string of the molecule is Cc1c(C=O)ccc(F)c1/C(=C\N)C(=O)C(=O)N1CCN(C(=O)c2ccccc2)CC1. The monoisotopic (exact) mass is 423 g/mol. The molecule has 1 heterocycles. The van der Waals surface area contributed by atoms with Crippen LogP contribution in [0.3, 0.4) is 0 Å². The second-order valence-corrected chi connectivity index (χ2v) is 7.11. The van der Waals surface area contributed by atoms with Crippen molar-refractivity contribution in [3.8, 4) is 0 Å². The molecule has 2 aromatic rings. The van der Waals surface area contributed by atoms with Gasteiger partial charge < -0.3 is 15.5 Å². The number of halogens is 1. The molecule has 0 unspecified atom stereocenters. The highest BCUT2D eigenvalue weighted by Gasteiger charge is 2.31. The maximum Gasteiger partial charge on any atom is 0.295 e. The number of amides is 2. The summed E-state index contributed by atoms with van der Waals surface area (Å²) in [5.74, 6) is -2.70. The van der Waals surface area contributed by atoms with E-state index in [0.717, 1.165) is 12.3 Å². The van der Waals surface area contributed by atoms with Crippen LogP contribution in [-0.4, -0.2) is 59.9 Å². The molecule has 1 fully saturated rings. The van der Waals surface area contributed by atoms with Crippen LogP contribution in [-0.2, 0) is 9.59 Å². The summed E-state index contributed by atoms with van der Waals surface area (Å²) in [6, 6.07) is 11.1. The van der Waals surface area contributed by atoms with Gasteiger partial charge in [0.05, 0.1) is 5.57 Å². The first-order valence-corrected chi connectivity index (χ1v) is 9.73. The summed E-state index contributed by atoms with van der Waals surface area (Å²) < 4.78 is 14.4. The van der Waals surface area contributed by atoms with Crippen LogP contribution in [0, 0.1) is 12.7 Å². The maximum atomic E-state index is 14.4. The summed E-state index contributed by atoms with van der Waals surface area (Å²) in [5.41, 5.74) is 6.08. The van der Waals surface area contributed by atoms with Gasteiger partial charge in [0, 0.05) is 49.1 Å². The standard InChI is InChI=1S/C23H22FN3O4/c1-15-17(14-28)7-8-19(24)20(15)18(13-25)21(29)23(31)27-11-9-26(10-12-27)22(30)16-5-3-2-4-6-16/h2-8,13-14H,9-12,25H2,1H3/b18-13+. The molecule has 0 radical (unpaired) electrons. The number of hydrogen-bond donors (Lipinski definition) is 1. The van der Waals surface area contributed by atoms with E-state index in [-0.39, 0.29) is 54.3 Å². The van der Waals surface area contributed by atoms with Gasteiger partial charge in [0.15, 0.2) is 0 Å². The zero-order valence-corrected chi connectivity index (χ0v) is 17.0. The molecule has 31 heavy (non-hydrogen) atoms. The molecule has 8 heteroatoms. The molecule has 3 rings (SSSR count). The molecule has 2 aromatic carbocycles. The number of hydrogen-bond acceptors (Lipinski definition) is 5. The molecular formula is C23H22FN3O4. The summed E-state index contributed by atoms with van der Waals surface area (Å²) in [5, 5.41) is 0. The number of Topliss-reactive ketones (excluding diaryl/α,β-unsaturated/α-hetero) is 1. The van der Waals surface area contributed by atoms with Crippen LogP contribution < -0.4 is 5.73 Å². The van der Waals surface area contributed by atoms with Crippen molar-refractivity contribution in [3.63, 3.8) is 0 Å². The van der Waals surface area contributed by atoms with Crippen molar-refractivity contribution in [2.24, 2.45) is 5.73 Å². The van der Waals surface area contributed by atoms with Gasteiger partial charge in [-0.3, -0.25) is 19.2 Å². The number of piperazine rings is 1. The van der Waals surface area contributed by atoms with Gasteiger partial charge in [-0.1, -0.05) is 18.2 Å². The fourth-order valence-electron chi connectivity index (χ4n) is 3.56. The first kappa shape index (κ1) is 21.9. The Balaban J connectivity index is 1.73. The summed E-state index contributed by atoms with van der Waals surface area (Å²) in [6.07, 6.45) is 1.43. The van der Waals surface area contributed by atoms with E-state index in [9.17, 15) is 23.6 Å². The fraction of sp³-hybridized carbons (Fsp3) is 0.217. The molecule has 0 atom stereocenters. The summed E-state index contributed by atoms with van der Waals surface area (Å²) in [4.78, 5) is 52.3. The van der Waals surface area contributed by atoms with E-state index >= 15 is 0 Å². The highest BCUT2D eigenvalue weighted by Crippen LogP contribution is 2.25. The Kier molecular flexibility index (Phi) is 6.59. The minimum Gasteiger partial charge on any atom is -0.404 e. The smallest absolute Gasteiger partial charge is 0.295 e. The van der Waals surface area contributed by atoms with Crippen molar-refractivity contribution in [2.45, 2.75) is 6.92 Å². The van der Waals surface area contributed by atoms with Gasteiger partial charge in [0.1, 0.15) is 12.1 Å². The van der Waals surface area contributed by atoms with Crippen LogP contribution in [0.15, 0.2) is 48.7 Å². The Bertz CT molecular complexity index is 1060. The number of nitrogens with two attached hydrogens (primary N) is 1. The lowest BCUT2D eigenvalue weighted by Gasteiger charge is -2.34. The third-order valence-electron chi connectivity index (χ3n) is 5.33. The third kappa shape index (κ3) is 4.37. The Morgan fingerprint density at radius 2 is 1.58 bits per heavy atom. The van der Waals surface area contributed by atoms with E-state index in [1.54, 1.807) is 29.2 Å². The van der Waals surface area contributed by atoms with Crippen LogP contribution in [0.2, 0.25) is 0 Å². The van der Waals surface area contributed by atoms with Crippen LogP contribution in [0.25, 0.3) is 5.57 Å². The van der Waals surface area contributed by atoms with Gasteiger partial charge in [-0.05, 0) is 36.8 Å². The lowest BCUT2D eigenvalue weighted by Crippen LogP contribution is -2.52. The zero-order chi connectivity index (χ0) is 22.5. The molecule has 160 valence electrons. The number of ketones is 1. The number of aldehydes is 1. The highest BCUT2D eigenvalue weighted by molar-refractivity contribution is 6.53. The summed E-state index contributed by atoms with van der Waals surface area (Å²) in [7, 11) is 0. The molecule has 0 saturated carbocycles. The Morgan fingerprint density at radius 3 is 2.16 bits per heavy atom. The van der Waals surface area contributed by atoms with E-state index in [2.05, 4.69) is 0 Å². The van der Waals surface area contributed by atoms with Crippen molar-refractivity contribution in [1.82, 2.24) is 9.80 Å². The summed E-state index contributed by atoms with van der Waals surface area (Å²) in [6.45, 7) is 2.34. The number of carbonyl (C=O) groups is 4. The van der Waals surface area contributed by atoms with Gasteiger partial charge in [-0.2, -0.15) is 0 Å². The Hall–Kier alpha value is -3.81. The van der Waals surface area contributed by atoms with Gasteiger partial charge in [-0.25, -0.2) is 4.39 Å². The fourth-order valence-corrected chi connectivity index (χ4v) is 3.56. The molecule has 2 amide bonds. The predicted octanol–water partition coefficient (Wildman–Crippen LogP) is 1.80. The van der Waals surface area contributed by atoms with Gasteiger partial charge in [0.2, 0.25) is 0 Å². The van der Waals surface area contributed by atoms with Crippen LogP contribution in [0.1, 0.15) is 31.8 Å². The maximum absolute atomic E-state index is 14.4. The number of carbonyl (C=O) groups excluding carboxylic acids is 4. The van der Waals surface area contributed by atoms with Crippen LogP contribution >= 0.6 is 0 Å². The molecule has 1 aliphatic heterocycles. The molecule has 2 N–H and O–H groups in total. The number of nitrogens with zero attached hydrogens (tertiary/aromatic N) is 2. The first-order chi connectivity index (χ1) is 14.9. The van der Waals surface area contributed by atoms with Crippen molar-refractivity contribution >= 4 is 29.5 Å². The van der Waals surface area contributed by atoms with Crippen molar-refractivity contribution < 1.29 is 23.6 Å². The van der Waals surface area contributed by atoms with Gasteiger partial charge in [-0.15, -0.1) is 0 Å². The van der Waals surface area contributed by atoms with Gasteiger partial charge in [0.25, 0.3) is 17.6 Å². The molecule has 0 aromatic heterocycles.